The molecule has 1 aliphatic carbocycles. The van der Waals surface area contributed by atoms with Crippen LogP contribution in [0.4, 0.5) is 11.5 Å². The molecule has 1 aliphatic rings. The zero-order valence-electron chi connectivity index (χ0n) is 15.0. The summed E-state index contributed by atoms with van der Waals surface area (Å²) in [5.74, 6) is 0.960. The Balaban J connectivity index is 1.82. The number of benzene rings is 1. The number of nitrogens with zero attached hydrogens (tertiary/aromatic N) is 2. The first-order chi connectivity index (χ1) is 12.6. The van der Waals surface area contributed by atoms with Crippen LogP contribution in [0.2, 0.25) is 0 Å². The van der Waals surface area contributed by atoms with Gasteiger partial charge in [0, 0.05) is 10.6 Å². The Labute approximate surface area is 156 Å². The number of fused-ring (bicyclic) bond motifs is 3. The van der Waals surface area contributed by atoms with Gasteiger partial charge >= 0.3 is 5.97 Å². The van der Waals surface area contributed by atoms with Crippen LogP contribution in [0.25, 0.3) is 10.2 Å². The van der Waals surface area contributed by atoms with Crippen molar-refractivity contribution in [2.24, 2.45) is 0 Å². The first-order valence-electron chi connectivity index (χ1n) is 8.85. The molecule has 5 nitrogen and oxygen atoms in total. The van der Waals surface area contributed by atoms with Crippen LogP contribution in [-0.2, 0) is 28.8 Å². The van der Waals surface area contributed by atoms with Gasteiger partial charge in [0.05, 0.1) is 12.5 Å². The molecule has 0 spiro atoms. The predicted octanol–water partition coefficient (Wildman–Crippen LogP) is 4.34. The van der Waals surface area contributed by atoms with Crippen molar-refractivity contribution in [3.05, 3.63) is 46.1 Å². The molecule has 3 aromatic rings. The number of ether oxygens (including phenoxy) is 1. The van der Waals surface area contributed by atoms with Gasteiger partial charge in [-0.05, 0) is 50.3 Å². The average molecular weight is 367 g/mol. The Hall–Kier alpha value is -2.47. The van der Waals surface area contributed by atoms with Crippen molar-refractivity contribution in [3.8, 4) is 0 Å². The molecule has 0 radical (unpaired) electrons. The molecular weight excluding hydrogens is 346 g/mol. The van der Waals surface area contributed by atoms with Crippen LogP contribution in [0.1, 0.15) is 34.7 Å². The molecule has 1 N–H and O–H groups in total. The molecule has 0 saturated heterocycles. The van der Waals surface area contributed by atoms with E-state index in [-0.39, 0.29) is 12.4 Å². The number of anilines is 2. The maximum Gasteiger partial charge on any atom is 0.313 e. The van der Waals surface area contributed by atoms with E-state index in [4.69, 9.17) is 4.74 Å². The third-order valence-electron chi connectivity index (χ3n) is 4.71. The number of carbonyl (C=O) groups excluding carboxylic acids is 1. The monoisotopic (exact) mass is 367 g/mol. The summed E-state index contributed by atoms with van der Waals surface area (Å²) in [4.78, 5) is 23.4. The summed E-state index contributed by atoms with van der Waals surface area (Å²) in [5.41, 5.74) is 3.56. The van der Waals surface area contributed by atoms with Gasteiger partial charge in [-0.15, -0.1) is 11.3 Å². The average Bonchev–Trinajstić information content (AvgIpc) is 3.02. The lowest BCUT2D eigenvalue weighted by atomic mass is 9.97. The van der Waals surface area contributed by atoms with E-state index in [9.17, 15) is 4.79 Å². The predicted molar refractivity (Wildman–Crippen MR) is 104 cm³/mol. The van der Waals surface area contributed by atoms with Crippen LogP contribution < -0.4 is 5.32 Å². The van der Waals surface area contributed by atoms with E-state index < -0.39 is 0 Å². The summed E-state index contributed by atoms with van der Waals surface area (Å²) in [7, 11) is 1.39. The minimum absolute atomic E-state index is 0.0809. The number of thiophene rings is 1. The number of rotatable bonds is 4. The van der Waals surface area contributed by atoms with Crippen molar-refractivity contribution < 1.29 is 9.53 Å². The van der Waals surface area contributed by atoms with Crippen molar-refractivity contribution in [2.75, 3.05) is 12.4 Å². The number of carbonyl (C=O) groups is 1. The van der Waals surface area contributed by atoms with Gasteiger partial charge < -0.3 is 10.1 Å². The lowest BCUT2D eigenvalue weighted by Crippen LogP contribution is -2.09. The molecule has 2 heterocycles. The van der Waals surface area contributed by atoms with Gasteiger partial charge in [0.25, 0.3) is 0 Å². The molecule has 0 fully saturated rings. The van der Waals surface area contributed by atoms with Gasteiger partial charge in [-0.25, -0.2) is 9.97 Å². The number of hydrogen-bond acceptors (Lipinski definition) is 6. The maximum absolute atomic E-state index is 11.7. The van der Waals surface area contributed by atoms with E-state index in [1.54, 1.807) is 11.3 Å². The minimum atomic E-state index is -0.327. The molecule has 0 saturated carbocycles. The maximum atomic E-state index is 11.7. The van der Waals surface area contributed by atoms with Crippen molar-refractivity contribution >= 4 is 39.0 Å². The van der Waals surface area contributed by atoms with Gasteiger partial charge in [-0.1, -0.05) is 17.7 Å². The van der Waals surface area contributed by atoms with E-state index in [2.05, 4.69) is 34.3 Å². The highest BCUT2D eigenvalue weighted by Gasteiger charge is 2.22. The third-order valence-corrected chi connectivity index (χ3v) is 5.89. The number of aryl methyl sites for hydroxylation is 3. The number of hydrogen-bond donors (Lipinski definition) is 1. The fraction of sp³-hybridized carbons (Fsp3) is 0.350. The van der Waals surface area contributed by atoms with Gasteiger partial charge in [0.1, 0.15) is 22.9 Å². The minimum Gasteiger partial charge on any atom is -0.469 e. The van der Waals surface area contributed by atoms with E-state index in [1.165, 1.54) is 36.0 Å². The molecule has 0 atom stereocenters. The molecule has 0 amide bonds. The van der Waals surface area contributed by atoms with Gasteiger partial charge in [0.2, 0.25) is 0 Å². The number of methoxy groups -OCH3 is 1. The Kier molecular flexibility index (Phi) is 4.59. The summed E-state index contributed by atoms with van der Waals surface area (Å²) >= 11 is 1.73. The van der Waals surface area contributed by atoms with Crippen LogP contribution in [0.3, 0.4) is 0 Å². The summed E-state index contributed by atoms with van der Waals surface area (Å²) in [6.45, 7) is 2.07. The summed E-state index contributed by atoms with van der Waals surface area (Å²) in [6, 6.07) is 8.22. The first-order valence-corrected chi connectivity index (χ1v) is 9.67. The highest BCUT2D eigenvalue weighted by Crippen LogP contribution is 2.39. The normalized spacial score (nSPS) is 13.5. The van der Waals surface area contributed by atoms with Gasteiger partial charge in [-0.2, -0.15) is 0 Å². The molecule has 0 aliphatic heterocycles. The van der Waals surface area contributed by atoms with E-state index in [0.29, 0.717) is 5.82 Å². The summed E-state index contributed by atoms with van der Waals surface area (Å²) in [6.07, 6.45) is 4.68. The first kappa shape index (κ1) is 17.0. The largest absolute Gasteiger partial charge is 0.469 e. The Bertz CT molecular complexity index is 963. The molecule has 2 aromatic heterocycles. The lowest BCUT2D eigenvalue weighted by molar-refractivity contribution is -0.139. The van der Waals surface area contributed by atoms with Crippen molar-refractivity contribution in [3.63, 3.8) is 0 Å². The molecule has 4 rings (SSSR count). The van der Waals surface area contributed by atoms with Crippen molar-refractivity contribution in [2.45, 2.75) is 39.0 Å². The van der Waals surface area contributed by atoms with Crippen molar-refractivity contribution in [1.82, 2.24) is 9.97 Å². The molecule has 26 heavy (non-hydrogen) atoms. The van der Waals surface area contributed by atoms with Crippen LogP contribution in [-0.4, -0.2) is 23.0 Å². The SMILES string of the molecule is COC(=O)Cc1nc(Nc2ccc(C)cc2)c2c3c(sc2n1)CCCC3. The van der Waals surface area contributed by atoms with E-state index in [1.807, 2.05) is 12.1 Å². The molecular formula is C20H21N3O2S. The summed E-state index contributed by atoms with van der Waals surface area (Å²) in [5, 5.41) is 4.56. The van der Waals surface area contributed by atoms with Crippen LogP contribution >= 0.6 is 11.3 Å². The van der Waals surface area contributed by atoms with Crippen LogP contribution in [0, 0.1) is 6.92 Å². The molecule has 0 unspecified atom stereocenters. The quantitative estimate of drug-likeness (QED) is 0.695. The Morgan fingerprint density at radius 3 is 2.73 bits per heavy atom. The zero-order valence-corrected chi connectivity index (χ0v) is 15.8. The lowest BCUT2D eigenvalue weighted by Gasteiger charge is -2.13. The topological polar surface area (TPSA) is 64.1 Å². The fourth-order valence-corrected chi connectivity index (χ4v) is 4.63. The highest BCUT2D eigenvalue weighted by atomic mass is 32.1. The third kappa shape index (κ3) is 3.29. The Morgan fingerprint density at radius 2 is 1.96 bits per heavy atom. The second-order valence-electron chi connectivity index (χ2n) is 6.62. The number of nitrogens with one attached hydrogen (secondary N) is 1. The van der Waals surface area contributed by atoms with E-state index >= 15 is 0 Å². The standard InChI is InChI=1S/C20H21N3O2S/c1-12-7-9-13(10-8-12)21-19-18-14-5-3-4-6-15(14)26-20(18)23-16(22-19)11-17(24)25-2/h7-10H,3-6,11H2,1-2H3,(H,21,22,23). The smallest absolute Gasteiger partial charge is 0.313 e. The fourth-order valence-electron chi connectivity index (χ4n) is 3.35. The molecule has 134 valence electrons. The van der Waals surface area contributed by atoms with Crippen LogP contribution in [0.5, 0.6) is 0 Å². The zero-order chi connectivity index (χ0) is 18.1. The highest BCUT2D eigenvalue weighted by molar-refractivity contribution is 7.19. The molecule has 0 bridgehead atoms. The summed E-state index contributed by atoms with van der Waals surface area (Å²) < 4.78 is 4.78. The molecule has 6 heteroatoms. The van der Waals surface area contributed by atoms with Crippen LogP contribution in [0.15, 0.2) is 24.3 Å². The van der Waals surface area contributed by atoms with Gasteiger partial charge in [-0.3, -0.25) is 4.79 Å². The van der Waals surface area contributed by atoms with Crippen molar-refractivity contribution in [1.29, 1.82) is 0 Å². The number of esters is 1. The molecule has 1 aromatic carbocycles. The second kappa shape index (κ2) is 7.03. The van der Waals surface area contributed by atoms with Gasteiger partial charge in [0.15, 0.2) is 0 Å². The van der Waals surface area contributed by atoms with E-state index in [0.717, 1.165) is 34.6 Å². The Morgan fingerprint density at radius 1 is 1.19 bits per heavy atom. The number of aromatic nitrogens is 2. The second-order valence-corrected chi connectivity index (χ2v) is 7.71.